The number of ether oxygens (including phenoxy) is 1. The van der Waals surface area contributed by atoms with Gasteiger partial charge in [0.25, 0.3) is 0 Å². The number of nitrogens with one attached hydrogen (secondary N) is 1. The van der Waals surface area contributed by atoms with Crippen molar-refractivity contribution in [3.63, 3.8) is 0 Å². The maximum absolute atomic E-state index is 6.14. The molecule has 2 atom stereocenters. The Morgan fingerprint density at radius 1 is 1.23 bits per heavy atom. The van der Waals surface area contributed by atoms with Crippen LogP contribution in [0.4, 0.5) is 5.82 Å². The van der Waals surface area contributed by atoms with Gasteiger partial charge in [0, 0.05) is 11.6 Å². The summed E-state index contributed by atoms with van der Waals surface area (Å²) in [6, 6.07) is 10.5. The lowest BCUT2D eigenvalue weighted by Crippen LogP contribution is -2.19. The van der Waals surface area contributed by atoms with E-state index in [2.05, 4.69) is 34.3 Å². The van der Waals surface area contributed by atoms with Gasteiger partial charge < -0.3 is 10.1 Å². The molecule has 1 aromatic heterocycles. The zero-order valence-electron chi connectivity index (χ0n) is 12.4. The van der Waals surface area contributed by atoms with Crippen LogP contribution in [0.5, 0.6) is 0 Å². The van der Waals surface area contributed by atoms with Crippen LogP contribution in [-0.4, -0.2) is 16.0 Å². The van der Waals surface area contributed by atoms with Crippen molar-refractivity contribution in [2.24, 2.45) is 5.92 Å². The number of benzene rings is 1. The van der Waals surface area contributed by atoms with Gasteiger partial charge in [0.1, 0.15) is 11.9 Å². The first-order valence-electron chi connectivity index (χ1n) is 7.72. The van der Waals surface area contributed by atoms with E-state index in [0.717, 1.165) is 28.6 Å². The summed E-state index contributed by atoms with van der Waals surface area (Å²) in [6.07, 6.45) is 2.42. The summed E-state index contributed by atoms with van der Waals surface area (Å²) < 4.78 is 5.96. The summed E-state index contributed by atoms with van der Waals surface area (Å²) >= 11 is 6.14. The number of rotatable bonds is 4. The smallest absolute Gasteiger partial charge is 0.224 e. The first-order valence-corrected chi connectivity index (χ1v) is 8.09. The molecule has 1 aromatic carbocycles. The highest BCUT2D eigenvalue weighted by Gasteiger charge is 2.33. The minimum absolute atomic E-state index is 0.159. The molecule has 1 N–H and O–H groups in total. The van der Waals surface area contributed by atoms with Gasteiger partial charge in [-0.15, -0.1) is 0 Å². The third kappa shape index (κ3) is 2.57. The maximum Gasteiger partial charge on any atom is 0.224 e. The molecule has 0 radical (unpaired) electrons. The Kier molecular flexibility index (Phi) is 3.51. The fraction of sp³-hybridized carbons (Fsp3) is 0.412. The molecule has 4 rings (SSSR count). The second-order valence-corrected chi connectivity index (χ2v) is 6.42. The quantitative estimate of drug-likeness (QED) is 0.868. The Labute approximate surface area is 134 Å². The number of halogens is 1. The molecule has 0 bridgehead atoms. The highest BCUT2D eigenvalue weighted by atomic mass is 35.5. The molecular weight excluding hydrogens is 298 g/mol. The average Bonchev–Trinajstić information content (AvgIpc) is 3.28. The maximum atomic E-state index is 6.14. The molecule has 2 heterocycles. The predicted molar refractivity (Wildman–Crippen MR) is 85.9 cm³/mol. The van der Waals surface area contributed by atoms with Crippen LogP contribution in [0.15, 0.2) is 30.3 Å². The topological polar surface area (TPSA) is 47.0 Å². The van der Waals surface area contributed by atoms with Crippen molar-refractivity contribution in [1.29, 1.82) is 0 Å². The molecule has 1 fully saturated rings. The summed E-state index contributed by atoms with van der Waals surface area (Å²) in [5.74, 6) is 1.57. The summed E-state index contributed by atoms with van der Waals surface area (Å²) in [7, 11) is 0. The van der Waals surface area contributed by atoms with Crippen molar-refractivity contribution in [1.82, 2.24) is 9.97 Å². The number of nitrogens with zero attached hydrogens (tertiary/aromatic N) is 2. The van der Waals surface area contributed by atoms with E-state index in [1.165, 1.54) is 12.8 Å². The lowest BCUT2D eigenvalue weighted by atomic mass is 10.0. The molecule has 22 heavy (non-hydrogen) atoms. The second-order valence-electron chi connectivity index (χ2n) is 6.08. The van der Waals surface area contributed by atoms with Crippen LogP contribution in [0.25, 0.3) is 0 Å². The van der Waals surface area contributed by atoms with Crippen LogP contribution in [0, 0.1) is 5.92 Å². The number of anilines is 1. The van der Waals surface area contributed by atoms with E-state index in [0.29, 0.717) is 12.6 Å². The lowest BCUT2D eigenvalue weighted by molar-refractivity contribution is 0.0924. The van der Waals surface area contributed by atoms with Gasteiger partial charge in [0.05, 0.1) is 12.3 Å². The van der Waals surface area contributed by atoms with E-state index in [9.17, 15) is 0 Å². The normalized spacial score (nSPS) is 21.5. The van der Waals surface area contributed by atoms with E-state index < -0.39 is 0 Å². The van der Waals surface area contributed by atoms with Gasteiger partial charge in [-0.1, -0.05) is 30.3 Å². The molecule has 4 nitrogen and oxygen atoms in total. The van der Waals surface area contributed by atoms with Gasteiger partial charge >= 0.3 is 0 Å². The Balaban J connectivity index is 1.69. The van der Waals surface area contributed by atoms with Crippen molar-refractivity contribution in [2.45, 2.75) is 38.5 Å². The predicted octanol–water partition coefficient (Wildman–Crippen LogP) is 3.96. The van der Waals surface area contributed by atoms with Gasteiger partial charge in [0.2, 0.25) is 5.28 Å². The van der Waals surface area contributed by atoms with Crippen LogP contribution in [0.2, 0.25) is 5.28 Å². The zero-order valence-corrected chi connectivity index (χ0v) is 13.2. The Hall–Kier alpha value is -1.65. The van der Waals surface area contributed by atoms with Crippen LogP contribution in [0.1, 0.15) is 42.7 Å². The molecule has 1 aliphatic heterocycles. The first-order chi connectivity index (χ1) is 10.7. The molecule has 0 saturated heterocycles. The van der Waals surface area contributed by atoms with Crippen LogP contribution in [0.3, 0.4) is 0 Å². The monoisotopic (exact) mass is 315 g/mol. The molecule has 2 unspecified atom stereocenters. The largest absolute Gasteiger partial charge is 0.367 e. The molecule has 2 aromatic rings. The van der Waals surface area contributed by atoms with Crippen molar-refractivity contribution < 1.29 is 4.74 Å². The van der Waals surface area contributed by atoms with E-state index in [1.54, 1.807) is 0 Å². The molecule has 0 spiro atoms. The van der Waals surface area contributed by atoms with Crippen molar-refractivity contribution in [3.05, 3.63) is 52.4 Å². The third-order valence-electron chi connectivity index (χ3n) is 4.45. The molecule has 114 valence electrons. The number of hydrogen-bond acceptors (Lipinski definition) is 4. The standard InChI is InChI=1S/C17H18ClN3O/c1-10(11-7-8-11)19-16-13-9-22-15(12-5-3-2-4-6-12)14(13)20-17(18)21-16/h2-6,10-11,15H,7-9H2,1H3,(H,19,20,21). The van der Waals surface area contributed by atoms with E-state index in [-0.39, 0.29) is 11.4 Å². The van der Waals surface area contributed by atoms with Gasteiger partial charge in [-0.2, -0.15) is 0 Å². The molecule has 1 aliphatic carbocycles. The lowest BCUT2D eigenvalue weighted by Gasteiger charge is -2.16. The highest BCUT2D eigenvalue weighted by molar-refractivity contribution is 6.28. The Morgan fingerprint density at radius 3 is 2.73 bits per heavy atom. The zero-order chi connectivity index (χ0) is 15.1. The number of fused-ring (bicyclic) bond motifs is 1. The fourth-order valence-corrected chi connectivity index (χ4v) is 3.18. The molecule has 5 heteroatoms. The number of aromatic nitrogens is 2. The second kappa shape index (κ2) is 5.52. The number of hydrogen-bond donors (Lipinski definition) is 1. The SMILES string of the molecule is CC(Nc1nc(Cl)nc2c1COC2c1ccccc1)C1CC1. The summed E-state index contributed by atoms with van der Waals surface area (Å²) in [5, 5.41) is 3.78. The van der Waals surface area contributed by atoms with Crippen LogP contribution < -0.4 is 5.32 Å². The van der Waals surface area contributed by atoms with Gasteiger partial charge in [-0.25, -0.2) is 9.97 Å². The highest BCUT2D eigenvalue weighted by Crippen LogP contribution is 2.39. The molecule has 2 aliphatic rings. The van der Waals surface area contributed by atoms with E-state index >= 15 is 0 Å². The molecule has 0 amide bonds. The first kappa shape index (κ1) is 14.0. The molecular formula is C17H18ClN3O. The van der Waals surface area contributed by atoms with Crippen LogP contribution >= 0.6 is 11.6 Å². The summed E-state index contributed by atoms with van der Waals surface area (Å²) in [4.78, 5) is 8.82. The Bertz CT molecular complexity index is 688. The van der Waals surface area contributed by atoms with Crippen molar-refractivity contribution in [3.8, 4) is 0 Å². The third-order valence-corrected chi connectivity index (χ3v) is 4.62. The summed E-state index contributed by atoms with van der Waals surface area (Å²) in [5.41, 5.74) is 3.01. The van der Waals surface area contributed by atoms with Gasteiger partial charge in [0.15, 0.2) is 0 Å². The van der Waals surface area contributed by atoms with E-state index in [4.69, 9.17) is 16.3 Å². The van der Waals surface area contributed by atoms with Gasteiger partial charge in [-0.3, -0.25) is 0 Å². The van der Waals surface area contributed by atoms with Crippen LogP contribution in [-0.2, 0) is 11.3 Å². The average molecular weight is 316 g/mol. The summed E-state index contributed by atoms with van der Waals surface area (Å²) in [6.45, 7) is 2.72. The minimum Gasteiger partial charge on any atom is -0.367 e. The van der Waals surface area contributed by atoms with E-state index in [1.807, 2.05) is 18.2 Å². The van der Waals surface area contributed by atoms with Crippen molar-refractivity contribution >= 4 is 17.4 Å². The Morgan fingerprint density at radius 2 is 2.00 bits per heavy atom. The minimum atomic E-state index is -0.159. The van der Waals surface area contributed by atoms with Gasteiger partial charge in [-0.05, 0) is 42.8 Å². The molecule has 1 saturated carbocycles. The fourth-order valence-electron chi connectivity index (χ4n) is 3.01. The van der Waals surface area contributed by atoms with Crippen molar-refractivity contribution in [2.75, 3.05) is 5.32 Å².